The van der Waals surface area contributed by atoms with Gasteiger partial charge in [0.1, 0.15) is 11.3 Å². The molecule has 3 aromatic carbocycles. The summed E-state index contributed by atoms with van der Waals surface area (Å²) in [5.74, 6) is 0.518. The number of para-hydroxylation sites is 1. The first-order valence-electron chi connectivity index (χ1n) is 12.0. The number of anilines is 1. The minimum absolute atomic E-state index is 0.209. The van der Waals surface area contributed by atoms with Crippen molar-refractivity contribution in [3.8, 4) is 16.9 Å². The van der Waals surface area contributed by atoms with E-state index in [1.807, 2.05) is 76.2 Å². The van der Waals surface area contributed by atoms with Gasteiger partial charge in [0.15, 0.2) is 0 Å². The summed E-state index contributed by atoms with van der Waals surface area (Å²) in [6.45, 7) is 8.31. The van der Waals surface area contributed by atoms with Gasteiger partial charge in [-0.15, -0.1) is 0 Å². The number of carbonyl (C=O) groups excluding carboxylic acids is 1. The number of carbonyl (C=O) groups is 1. The van der Waals surface area contributed by atoms with Crippen molar-refractivity contribution in [2.24, 2.45) is 0 Å². The molecule has 2 aromatic heterocycles. The van der Waals surface area contributed by atoms with E-state index in [0.717, 1.165) is 66.8 Å². The van der Waals surface area contributed by atoms with Crippen LogP contribution in [0, 0.1) is 13.8 Å². The third-order valence-corrected chi connectivity index (χ3v) is 6.29. The van der Waals surface area contributed by atoms with Crippen LogP contribution >= 0.6 is 0 Å². The molecule has 0 aliphatic carbocycles. The molecular formula is C31H28N2O3. The Morgan fingerprint density at radius 3 is 2.56 bits per heavy atom. The van der Waals surface area contributed by atoms with E-state index in [-0.39, 0.29) is 5.91 Å². The summed E-state index contributed by atoms with van der Waals surface area (Å²) in [6, 6.07) is 21.9. The van der Waals surface area contributed by atoms with Crippen LogP contribution in [0.2, 0.25) is 0 Å². The molecule has 5 heteroatoms. The fourth-order valence-corrected chi connectivity index (χ4v) is 4.63. The van der Waals surface area contributed by atoms with Crippen molar-refractivity contribution in [3.63, 3.8) is 0 Å². The van der Waals surface area contributed by atoms with Crippen LogP contribution in [-0.2, 0) is 4.79 Å². The Kier molecular flexibility index (Phi) is 6.30. The van der Waals surface area contributed by atoms with Crippen molar-refractivity contribution in [2.45, 2.75) is 27.7 Å². The van der Waals surface area contributed by atoms with E-state index in [9.17, 15) is 4.79 Å². The molecule has 5 aromatic rings. The fourth-order valence-electron chi connectivity index (χ4n) is 4.63. The highest BCUT2D eigenvalue weighted by atomic mass is 16.5. The van der Waals surface area contributed by atoms with Gasteiger partial charge < -0.3 is 14.5 Å². The van der Waals surface area contributed by atoms with Crippen molar-refractivity contribution < 1.29 is 13.9 Å². The predicted molar refractivity (Wildman–Crippen MR) is 146 cm³/mol. The van der Waals surface area contributed by atoms with Crippen LogP contribution in [0.5, 0.6) is 5.75 Å². The molecule has 0 saturated carbocycles. The highest BCUT2D eigenvalue weighted by molar-refractivity contribution is 6.09. The third-order valence-electron chi connectivity index (χ3n) is 6.29. The minimum Gasteiger partial charge on any atom is -0.493 e. The Morgan fingerprint density at radius 1 is 1.03 bits per heavy atom. The maximum Gasteiger partial charge on any atom is 0.248 e. The molecule has 1 N–H and O–H groups in total. The van der Waals surface area contributed by atoms with Gasteiger partial charge in [-0.25, -0.2) is 0 Å². The van der Waals surface area contributed by atoms with Crippen molar-refractivity contribution in [3.05, 3.63) is 95.9 Å². The highest BCUT2D eigenvalue weighted by Crippen LogP contribution is 2.40. The van der Waals surface area contributed by atoms with Crippen LogP contribution in [-0.4, -0.2) is 17.5 Å². The normalized spacial score (nSPS) is 11.7. The summed E-state index contributed by atoms with van der Waals surface area (Å²) in [7, 11) is 0. The Labute approximate surface area is 210 Å². The van der Waals surface area contributed by atoms with Gasteiger partial charge in [-0.3, -0.25) is 9.78 Å². The molecule has 2 heterocycles. The van der Waals surface area contributed by atoms with E-state index in [2.05, 4.69) is 28.5 Å². The van der Waals surface area contributed by atoms with E-state index in [4.69, 9.17) is 9.15 Å². The molecule has 0 bridgehead atoms. The summed E-state index contributed by atoms with van der Waals surface area (Å²) >= 11 is 0. The van der Waals surface area contributed by atoms with Crippen LogP contribution in [0.4, 0.5) is 5.69 Å². The van der Waals surface area contributed by atoms with Gasteiger partial charge in [-0.05, 0) is 57.0 Å². The lowest BCUT2D eigenvalue weighted by atomic mass is 9.96. The van der Waals surface area contributed by atoms with Gasteiger partial charge in [0.25, 0.3) is 0 Å². The zero-order valence-corrected chi connectivity index (χ0v) is 20.9. The Bertz CT molecular complexity index is 1610. The first-order valence-corrected chi connectivity index (χ1v) is 12.0. The summed E-state index contributed by atoms with van der Waals surface area (Å²) in [5.41, 5.74) is 7.89. The first-order chi connectivity index (χ1) is 17.5. The van der Waals surface area contributed by atoms with Gasteiger partial charge in [0.2, 0.25) is 5.91 Å². The molecular weight excluding hydrogens is 448 g/mol. The smallest absolute Gasteiger partial charge is 0.248 e. The number of hydrogen-bond donors (Lipinski definition) is 1. The monoisotopic (exact) mass is 476 g/mol. The van der Waals surface area contributed by atoms with Crippen LogP contribution in [0.1, 0.15) is 30.7 Å². The van der Waals surface area contributed by atoms with Crippen LogP contribution in [0.15, 0.2) is 83.5 Å². The number of aromatic nitrogens is 1. The fraction of sp³-hybridized carbons (Fsp3) is 0.161. The summed E-state index contributed by atoms with van der Waals surface area (Å²) in [4.78, 5) is 17.7. The number of furan rings is 1. The SMILES string of the molecule is CCOc1c(/C(C)=C/C(=O)Nc2cc(C)nc3ccccc23)cc2c(-c3ccccc3)coc2c1C. The lowest BCUT2D eigenvalue weighted by Gasteiger charge is -2.15. The Hall–Kier alpha value is -4.38. The average molecular weight is 477 g/mol. The number of ether oxygens (including phenoxy) is 1. The molecule has 0 aliphatic heterocycles. The zero-order valence-electron chi connectivity index (χ0n) is 20.9. The Balaban J connectivity index is 1.57. The number of benzene rings is 3. The molecule has 0 radical (unpaired) electrons. The molecule has 5 nitrogen and oxygen atoms in total. The van der Waals surface area contributed by atoms with E-state index < -0.39 is 0 Å². The van der Waals surface area contributed by atoms with Crippen LogP contribution < -0.4 is 10.1 Å². The lowest BCUT2D eigenvalue weighted by Crippen LogP contribution is -2.10. The molecule has 0 spiro atoms. The Morgan fingerprint density at radius 2 is 1.78 bits per heavy atom. The number of allylic oxidation sites excluding steroid dienone is 1. The van der Waals surface area contributed by atoms with E-state index in [0.29, 0.717) is 6.61 Å². The van der Waals surface area contributed by atoms with Gasteiger partial charge in [0, 0.05) is 39.2 Å². The molecule has 36 heavy (non-hydrogen) atoms. The summed E-state index contributed by atoms with van der Waals surface area (Å²) in [6.07, 6.45) is 3.41. The number of nitrogens with zero attached hydrogens (tertiary/aromatic N) is 1. The third kappa shape index (κ3) is 4.36. The largest absolute Gasteiger partial charge is 0.493 e. The van der Waals surface area contributed by atoms with Crippen molar-refractivity contribution in [2.75, 3.05) is 11.9 Å². The second kappa shape index (κ2) is 9.70. The van der Waals surface area contributed by atoms with E-state index in [1.165, 1.54) is 0 Å². The topological polar surface area (TPSA) is 64.4 Å². The second-order valence-corrected chi connectivity index (χ2v) is 8.85. The number of rotatable bonds is 6. The molecule has 5 rings (SSSR count). The summed E-state index contributed by atoms with van der Waals surface area (Å²) in [5, 5.41) is 4.94. The number of amides is 1. The van der Waals surface area contributed by atoms with Crippen molar-refractivity contribution >= 4 is 39.0 Å². The van der Waals surface area contributed by atoms with E-state index >= 15 is 0 Å². The standard InChI is InChI=1S/C31H28N2O3/c1-5-35-30-21(4)31-25(26(18-36-31)22-11-7-6-8-12-22)17-24(30)19(2)15-29(34)33-28-16-20(3)32-27-14-10-9-13-23(27)28/h6-18H,5H2,1-4H3,(H,32,33,34)/b19-15+. The maximum absolute atomic E-state index is 13.1. The lowest BCUT2D eigenvalue weighted by molar-refractivity contribution is -0.111. The number of hydrogen-bond acceptors (Lipinski definition) is 4. The number of pyridine rings is 1. The highest BCUT2D eigenvalue weighted by Gasteiger charge is 2.19. The van der Waals surface area contributed by atoms with Gasteiger partial charge in [-0.1, -0.05) is 48.5 Å². The zero-order chi connectivity index (χ0) is 25.2. The van der Waals surface area contributed by atoms with Gasteiger partial charge in [-0.2, -0.15) is 0 Å². The van der Waals surface area contributed by atoms with Crippen molar-refractivity contribution in [1.82, 2.24) is 4.98 Å². The number of nitrogens with one attached hydrogen (secondary N) is 1. The van der Waals surface area contributed by atoms with Crippen LogP contribution in [0.3, 0.4) is 0 Å². The molecule has 1 amide bonds. The van der Waals surface area contributed by atoms with Gasteiger partial charge in [0.05, 0.1) is 24.1 Å². The maximum atomic E-state index is 13.1. The molecule has 0 unspecified atom stereocenters. The predicted octanol–water partition coefficient (Wildman–Crippen LogP) is 7.71. The average Bonchev–Trinajstić information content (AvgIpc) is 3.30. The van der Waals surface area contributed by atoms with Gasteiger partial charge >= 0.3 is 0 Å². The van der Waals surface area contributed by atoms with E-state index in [1.54, 1.807) is 12.3 Å². The number of fused-ring (bicyclic) bond motifs is 2. The second-order valence-electron chi connectivity index (χ2n) is 8.85. The minimum atomic E-state index is -0.209. The summed E-state index contributed by atoms with van der Waals surface area (Å²) < 4.78 is 12.0. The molecule has 0 fully saturated rings. The van der Waals surface area contributed by atoms with Crippen LogP contribution in [0.25, 0.3) is 38.6 Å². The molecule has 0 saturated heterocycles. The molecule has 0 aliphatic rings. The quantitative estimate of drug-likeness (QED) is 0.255. The molecule has 180 valence electrons. The van der Waals surface area contributed by atoms with Crippen molar-refractivity contribution in [1.29, 1.82) is 0 Å². The first kappa shape index (κ1) is 23.4. The molecule has 0 atom stereocenters. The number of aryl methyl sites for hydroxylation is 2.